The number of ether oxygens (including phenoxy) is 2. The molecule has 0 aliphatic heterocycles. The summed E-state index contributed by atoms with van der Waals surface area (Å²) in [5.41, 5.74) is 6.92. The molecule has 1 rings (SSSR count). The van der Waals surface area contributed by atoms with Gasteiger partial charge in [-0.3, -0.25) is 4.98 Å². The Balaban J connectivity index is 2.49. The van der Waals surface area contributed by atoms with Crippen LogP contribution in [0.4, 0.5) is 0 Å². The highest BCUT2D eigenvalue weighted by Crippen LogP contribution is 2.02. The average Bonchev–Trinajstić information content (AvgIpc) is 2.45. The summed E-state index contributed by atoms with van der Waals surface area (Å²) in [7, 11) is 3.28. The lowest BCUT2D eigenvalue weighted by Crippen LogP contribution is -2.31. The fourth-order valence-corrected chi connectivity index (χ4v) is 1.55. The lowest BCUT2D eigenvalue weighted by molar-refractivity contribution is 0.0288. The van der Waals surface area contributed by atoms with Gasteiger partial charge in [0.05, 0.1) is 12.7 Å². The maximum absolute atomic E-state index is 8.60. The lowest BCUT2D eigenvalue weighted by atomic mass is 10.2. The topological polar surface area (TPSA) is 102 Å². The molecule has 0 aromatic carbocycles. The fraction of sp³-hybridized carbons (Fsp3) is 0.500. The smallest absolute Gasteiger partial charge is 0.188 e. The van der Waals surface area contributed by atoms with Gasteiger partial charge >= 0.3 is 0 Å². The molecule has 0 aliphatic carbocycles. The molecule has 0 aliphatic rings. The van der Waals surface area contributed by atoms with Gasteiger partial charge in [-0.1, -0.05) is 5.16 Å². The predicted octanol–water partition coefficient (Wildman–Crippen LogP) is -0.0729. The molecule has 1 aromatic heterocycles. The van der Waals surface area contributed by atoms with Gasteiger partial charge in [-0.05, 0) is 17.7 Å². The van der Waals surface area contributed by atoms with Crippen LogP contribution >= 0.6 is 0 Å². The molecule has 7 heteroatoms. The van der Waals surface area contributed by atoms with E-state index in [1.54, 1.807) is 26.5 Å². The van der Waals surface area contributed by atoms with Crippen LogP contribution in [0.1, 0.15) is 11.3 Å². The third-order valence-electron chi connectivity index (χ3n) is 2.58. The summed E-state index contributed by atoms with van der Waals surface area (Å²) in [5.74, 6) is -0.00370. The van der Waals surface area contributed by atoms with Crippen LogP contribution in [0.25, 0.3) is 0 Å². The van der Waals surface area contributed by atoms with E-state index in [0.29, 0.717) is 25.4 Å². The highest BCUT2D eigenvalue weighted by Gasteiger charge is 2.06. The van der Waals surface area contributed by atoms with Crippen molar-refractivity contribution >= 4 is 5.84 Å². The van der Waals surface area contributed by atoms with E-state index in [0.717, 1.165) is 5.56 Å². The van der Waals surface area contributed by atoms with Gasteiger partial charge in [0.15, 0.2) is 5.84 Å². The highest BCUT2D eigenvalue weighted by molar-refractivity contribution is 5.95. The van der Waals surface area contributed by atoms with Crippen molar-refractivity contribution in [3.8, 4) is 0 Å². The van der Waals surface area contributed by atoms with E-state index >= 15 is 0 Å². The number of rotatable bonds is 8. The van der Waals surface area contributed by atoms with E-state index in [-0.39, 0.29) is 11.9 Å². The zero-order chi connectivity index (χ0) is 14.1. The number of nitrogens with zero attached hydrogens (tertiary/aromatic N) is 2. The van der Waals surface area contributed by atoms with Crippen LogP contribution in [0.3, 0.4) is 0 Å². The Bertz CT molecular complexity index is 412. The summed E-state index contributed by atoms with van der Waals surface area (Å²) in [6.07, 6.45) is 1.63. The van der Waals surface area contributed by atoms with Crippen LogP contribution in [-0.2, 0) is 16.0 Å². The molecule has 1 heterocycles. The first-order chi connectivity index (χ1) is 9.21. The Labute approximate surface area is 112 Å². The van der Waals surface area contributed by atoms with Crippen LogP contribution in [0.5, 0.6) is 0 Å². The quantitative estimate of drug-likeness (QED) is 0.264. The van der Waals surface area contributed by atoms with Crippen molar-refractivity contribution in [1.82, 2.24) is 10.3 Å². The number of nitrogens with one attached hydrogen (secondary N) is 1. The summed E-state index contributed by atoms with van der Waals surface area (Å²) in [6, 6.07) is 3.62. The predicted molar refractivity (Wildman–Crippen MR) is 71.1 cm³/mol. The van der Waals surface area contributed by atoms with Crippen molar-refractivity contribution in [2.75, 3.05) is 27.4 Å². The second-order valence-electron chi connectivity index (χ2n) is 3.98. The van der Waals surface area contributed by atoms with E-state index < -0.39 is 0 Å². The van der Waals surface area contributed by atoms with Crippen molar-refractivity contribution in [3.05, 3.63) is 29.6 Å². The standard InChI is InChI=1S/C12H20N4O3/c1-18-8-10(19-2)7-14-6-9-3-4-15-11(5-9)12(13)16-17/h3-5,10,14,17H,6-8H2,1-2H3,(H2,13,16). The first-order valence-corrected chi connectivity index (χ1v) is 5.86. The van der Waals surface area contributed by atoms with E-state index in [1.807, 2.05) is 6.07 Å². The average molecular weight is 268 g/mol. The molecule has 7 nitrogen and oxygen atoms in total. The normalized spacial score (nSPS) is 13.5. The van der Waals surface area contributed by atoms with Crippen molar-refractivity contribution in [2.24, 2.45) is 10.9 Å². The Kier molecular flexibility index (Phi) is 6.80. The molecule has 0 amide bonds. The largest absolute Gasteiger partial charge is 0.409 e. The van der Waals surface area contributed by atoms with Crippen LogP contribution in [0.15, 0.2) is 23.5 Å². The Morgan fingerprint density at radius 2 is 2.37 bits per heavy atom. The van der Waals surface area contributed by atoms with Crippen LogP contribution < -0.4 is 11.1 Å². The highest BCUT2D eigenvalue weighted by atomic mass is 16.5. The number of oxime groups is 1. The third kappa shape index (κ3) is 5.21. The van der Waals surface area contributed by atoms with E-state index in [9.17, 15) is 0 Å². The van der Waals surface area contributed by atoms with Gasteiger partial charge in [0.2, 0.25) is 0 Å². The molecule has 0 spiro atoms. The monoisotopic (exact) mass is 268 g/mol. The van der Waals surface area contributed by atoms with Crippen molar-refractivity contribution in [1.29, 1.82) is 0 Å². The Morgan fingerprint density at radius 3 is 3.00 bits per heavy atom. The lowest BCUT2D eigenvalue weighted by Gasteiger charge is -2.15. The molecular formula is C12H20N4O3. The molecule has 4 N–H and O–H groups in total. The van der Waals surface area contributed by atoms with Gasteiger partial charge in [0, 0.05) is 33.5 Å². The van der Waals surface area contributed by atoms with Gasteiger partial charge < -0.3 is 25.7 Å². The summed E-state index contributed by atoms with van der Waals surface area (Å²) in [6.45, 7) is 1.85. The molecule has 0 bridgehead atoms. The Morgan fingerprint density at radius 1 is 1.58 bits per heavy atom. The van der Waals surface area contributed by atoms with Crippen LogP contribution in [0.2, 0.25) is 0 Å². The van der Waals surface area contributed by atoms with Gasteiger partial charge in [0.25, 0.3) is 0 Å². The number of hydrogen-bond acceptors (Lipinski definition) is 6. The number of nitrogens with two attached hydrogens (primary N) is 1. The minimum Gasteiger partial charge on any atom is -0.409 e. The second kappa shape index (κ2) is 8.41. The maximum Gasteiger partial charge on any atom is 0.188 e. The first-order valence-electron chi connectivity index (χ1n) is 5.86. The zero-order valence-corrected chi connectivity index (χ0v) is 11.2. The molecule has 0 fully saturated rings. The second-order valence-corrected chi connectivity index (χ2v) is 3.98. The molecular weight excluding hydrogens is 248 g/mol. The van der Waals surface area contributed by atoms with Crippen LogP contribution in [-0.4, -0.2) is 49.5 Å². The van der Waals surface area contributed by atoms with Gasteiger partial charge in [-0.2, -0.15) is 0 Å². The van der Waals surface area contributed by atoms with Gasteiger partial charge in [0.1, 0.15) is 5.69 Å². The molecule has 0 saturated carbocycles. The van der Waals surface area contributed by atoms with Crippen molar-refractivity contribution in [2.45, 2.75) is 12.6 Å². The maximum atomic E-state index is 8.60. The van der Waals surface area contributed by atoms with Gasteiger partial charge in [-0.25, -0.2) is 0 Å². The number of pyridine rings is 1. The van der Waals surface area contributed by atoms with E-state index in [2.05, 4.69) is 15.5 Å². The van der Waals surface area contributed by atoms with Crippen molar-refractivity contribution < 1.29 is 14.7 Å². The fourth-order valence-electron chi connectivity index (χ4n) is 1.55. The molecule has 106 valence electrons. The minimum absolute atomic E-state index is 0.00370. The molecule has 0 radical (unpaired) electrons. The minimum atomic E-state index is -0.00370. The van der Waals surface area contributed by atoms with E-state index in [4.69, 9.17) is 20.4 Å². The summed E-state index contributed by atoms with van der Waals surface area (Å²) >= 11 is 0. The molecule has 19 heavy (non-hydrogen) atoms. The SMILES string of the molecule is COCC(CNCc1ccnc(/C(N)=N/O)c1)OC. The number of methoxy groups -OCH3 is 2. The van der Waals surface area contributed by atoms with E-state index in [1.165, 1.54) is 0 Å². The first kappa shape index (κ1) is 15.4. The zero-order valence-electron chi connectivity index (χ0n) is 11.2. The number of hydrogen-bond donors (Lipinski definition) is 3. The number of amidine groups is 1. The third-order valence-corrected chi connectivity index (χ3v) is 2.58. The number of aromatic nitrogens is 1. The molecule has 0 saturated heterocycles. The molecule has 1 unspecified atom stereocenters. The van der Waals surface area contributed by atoms with Gasteiger partial charge in [-0.15, -0.1) is 0 Å². The summed E-state index contributed by atoms with van der Waals surface area (Å²) < 4.78 is 10.3. The molecule has 1 atom stereocenters. The summed E-state index contributed by atoms with van der Waals surface area (Å²) in [4.78, 5) is 4.01. The summed E-state index contributed by atoms with van der Waals surface area (Å²) in [5, 5.41) is 14.8. The molecule has 1 aromatic rings. The van der Waals surface area contributed by atoms with Crippen LogP contribution in [0, 0.1) is 0 Å². The Hall–Kier alpha value is -1.70. The van der Waals surface area contributed by atoms with Crippen molar-refractivity contribution in [3.63, 3.8) is 0 Å².